The molecule has 3 rings (SSSR count). The third-order valence-electron chi connectivity index (χ3n) is 5.17. The van der Waals surface area contributed by atoms with E-state index in [0.717, 1.165) is 31.5 Å². The molecule has 6 heteroatoms. The summed E-state index contributed by atoms with van der Waals surface area (Å²) in [5, 5.41) is 0. The van der Waals surface area contributed by atoms with Crippen molar-refractivity contribution in [1.82, 2.24) is 4.90 Å². The SMILES string of the molecule is CC(Cc1ccc(F)c(Br)c1)C(=O)N1CC2CCC(N)C2C1.Cl. The Balaban J connectivity index is 0.00000192. The van der Waals surface area contributed by atoms with Gasteiger partial charge in [0.25, 0.3) is 0 Å². The van der Waals surface area contributed by atoms with Crippen LogP contribution in [0.25, 0.3) is 0 Å². The fourth-order valence-electron chi connectivity index (χ4n) is 3.91. The van der Waals surface area contributed by atoms with Crippen molar-refractivity contribution in [1.29, 1.82) is 0 Å². The molecular weight excluding hydrogens is 383 g/mol. The van der Waals surface area contributed by atoms with Crippen molar-refractivity contribution in [2.45, 2.75) is 32.2 Å². The molecule has 4 unspecified atom stereocenters. The van der Waals surface area contributed by atoms with E-state index >= 15 is 0 Å². The number of amides is 1. The van der Waals surface area contributed by atoms with Crippen LogP contribution in [-0.2, 0) is 11.2 Å². The maximum Gasteiger partial charge on any atom is 0.225 e. The molecule has 0 aromatic heterocycles. The molecule has 1 aliphatic carbocycles. The molecule has 1 aromatic rings. The fourth-order valence-corrected chi connectivity index (χ4v) is 4.33. The van der Waals surface area contributed by atoms with Crippen LogP contribution in [0.1, 0.15) is 25.3 Å². The van der Waals surface area contributed by atoms with Gasteiger partial charge in [-0.2, -0.15) is 0 Å². The van der Waals surface area contributed by atoms with E-state index in [1.165, 1.54) is 6.07 Å². The van der Waals surface area contributed by atoms with E-state index in [-0.39, 0.29) is 36.1 Å². The van der Waals surface area contributed by atoms with Gasteiger partial charge in [0.15, 0.2) is 0 Å². The monoisotopic (exact) mass is 404 g/mol. The predicted molar refractivity (Wildman–Crippen MR) is 95.0 cm³/mol. The van der Waals surface area contributed by atoms with Crippen LogP contribution in [0.4, 0.5) is 4.39 Å². The lowest BCUT2D eigenvalue weighted by molar-refractivity contribution is -0.134. The third kappa shape index (κ3) is 3.89. The Morgan fingerprint density at radius 2 is 2.17 bits per heavy atom. The molecule has 2 N–H and O–H groups in total. The van der Waals surface area contributed by atoms with Crippen molar-refractivity contribution < 1.29 is 9.18 Å². The molecule has 1 aromatic carbocycles. The largest absolute Gasteiger partial charge is 0.342 e. The third-order valence-corrected chi connectivity index (χ3v) is 5.78. The smallest absolute Gasteiger partial charge is 0.225 e. The van der Waals surface area contributed by atoms with Crippen LogP contribution in [-0.4, -0.2) is 29.9 Å². The summed E-state index contributed by atoms with van der Waals surface area (Å²) in [4.78, 5) is 14.6. The molecule has 2 fully saturated rings. The number of rotatable bonds is 3. The molecule has 2 aliphatic rings. The van der Waals surface area contributed by atoms with Crippen molar-refractivity contribution in [3.8, 4) is 0 Å². The van der Waals surface area contributed by atoms with Crippen LogP contribution in [0, 0.1) is 23.6 Å². The van der Waals surface area contributed by atoms with Crippen LogP contribution in [0.5, 0.6) is 0 Å². The van der Waals surface area contributed by atoms with E-state index in [0.29, 0.717) is 22.7 Å². The maximum atomic E-state index is 13.3. The standard InChI is InChI=1S/C17H22BrFN2O.ClH/c1-10(6-11-2-4-15(19)14(18)7-11)17(22)21-8-12-3-5-16(20)13(12)9-21;/h2,4,7,10,12-13,16H,3,5-6,8-9,20H2,1H3;1H. The van der Waals surface area contributed by atoms with Crippen LogP contribution in [0.2, 0.25) is 0 Å². The fraction of sp³-hybridized carbons (Fsp3) is 0.588. The molecule has 1 amide bonds. The zero-order chi connectivity index (χ0) is 15.9. The van der Waals surface area contributed by atoms with Gasteiger partial charge >= 0.3 is 0 Å². The van der Waals surface area contributed by atoms with E-state index in [1.807, 2.05) is 11.8 Å². The number of hydrogen-bond donors (Lipinski definition) is 1. The zero-order valence-corrected chi connectivity index (χ0v) is 15.6. The first-order valence-electron chi connectivity index (χ1n) is 7.94. The van der Waals surface area contributed by atoms with Crippen molar-refractivity contribution in [3.05, 3.63) is 34.1 Å². The van der Waals surface area contributed by atoms with E-state index in [4.69, 9.17) is 5.73 Å². The molecular formula is C17H23BrClFN2O. The minimum absolute atomic E-state index is 0. The van der Waals surface area contributed by atoms with Crippen molar-refractivity contribution >= 4 is 34.2 Å². The first kappa shape index (κ1) is 18.7. The van der Waals surface area contributed by atoms with Crippen LogP contribution >= 0.6 is 28.3 Å². The molecule has 1 aliphatic heterocycles. The normalized spacial score (nSPS) is 27.5. The molecule has 1 saturated carbocycles. The van der Waals surface area contributed by atoms with Crippen LogP contribution in [0.3, 0.4) is 0 Å². The molecule has 4 atom stereocenters. The Kier molecular flexibility index (Phi) is 6.09. The zero-order valence-electron chi connectivity index (χ0n) is 13.2. The summed E-state index contributed by atoms with van der Waals surface area (Å²) >= 11 is 3.19. The predicted octanol–water partition coefficient (Wildman–Crippen LogP) is 3.38. The number of halogens is 3. The second kappa shape index (κ2) is 7.49. The van der Waals surface area contributed by atoms with Gasteiger partial charge in [-0.1, -0.05) is 13.0 Å². The number of carbonyl (C=O) groups is 1. The second-order valence-electron chi connectivity index (χ2n) is 6.76. The molecule has 23 heavy (non-hydrogen) atoms. The minimum atomic E-state index is -0.274. The Bertz CT molecular complexity index is 586. The Morgan fingerprint density at radius 3 is 2.83 bits per heavy atom. The highest BCUT2D eigenvalue weighted by molar-refractivity contribution is 9.10. The summed E-state index contributed by atoms with van der Waals surface area (Å²) in [5.41, 5.74) is 7.11. The molecule has 1 heterocycles. The first-order chi connectivity index (χ1) is 10.5. The van der Waals surface area contributed by atoms with Gasteiger partial charge in [0.2, 0.25) is 5.91 Å². The lowest BCUT2D eigenvalue weighted by Gasteiger charge is -2.22. The number of fused-ring (bicyclic) bond motifs is 1. The summed E-state index contributed by atoms with van der Waals surface area (Å²) in [6, 6.07) is 5.20. The molecule has 0 bridgehead atoms. The van der Waals surface area contributed by atoms with Gasteiger partial charge in [-0.25, -0.2) is 4.39 Å². The van der Waals surface area contributed by atoms with Crippen LogP contribution in [0.15, 0.2) is 22.7 Å². The van der Waals surface area contributed by atoms with Gasteiger partial charge in [-0.05, 0) is 64.7 Å². The molecule has 0 radical (unpaired) electrons. The van der Waals surface area contributed by atoms with Crippen molar-refractivity contribution in [2.75, 3.05) is 13.1 Å². The maximum absolute atomic E-state index is 13.3. The topological polar surface area (TPSA) is 46.3 Å². The quantitative estimate of drug-likeness (QED) is 0.838. The van der Waals surface area contributed by atoms with Crippen LogP contribution < -0.4 is 5.73 Å². The molecule has 128 valence electrons. The Hall–Kier alpha value is -0.650. The number of hydrogen-bond acceptors (Lipinski definition) is 2. The minimum Gasteiger partial charge on any atom is -0.342 e. The highest BCUT2D eigenvalue weighted by Gasteiger charge is 2.43. The van der Waals surface area contributed by atoms with E-state index in [1.54, 1.807) is 12.1 Å². The van der Waals surface area contributed by atoms with Gasteiger partial charge < -0.3 is 10.6 Å². The summed E-state index contributed by atoms with van der Waals surface area (Å²) in [6.07, 6.45) is 2.88. The van der Waals surface area contributed by atoms with Gasteiger partial charge in [0.05, 0.1) is 4.47 Å². The number of carbonyl (C=O) groups excluding carboxylic acids is 1. The highest BCUT2D eigenvalue weighted by Crippen LogP contribution is 2.37. The number of nitrogens with zero attached hydrogens (tertiary/aromatic N) is 1. The van der Waals surface area contributed by atoms with E-state index in [9.17, 15) is 9.18 Å². The average Bonchev–Trinajstić information content (AvgIpc) is 3.05. The number of nitrogens with two attached hydrogens (primary N) is 1. The summed E-state index contributed by atoms with van der Waals surface area (Å²) in [6.45, 7) is 3.62. The van der Waals surface area contributed by atoms with Gasteiger partial charge in [-0.3, -0.25) is 4.79 Å². The summed E-state index contributed by atoms with van der Waals surface area (Å²) < 4.78 is 13.7. The van der Waals surface area contributed by atoms with Crippen molar-refractivity contribution in [2.24, 2.45) is 23.5 Å². The van der Waals surface area contributed by atoms with Gasteiger partial charge in [0.1, 0.15) is 5.82 Å². The lowest BCUT2D eigenvalue weighted by atomic mass is 9.98. The summed E-state index contributed by atoms with van der Waals surface area (Å²) in [7, 11) is 0. The molecule has 1 saturated heterocycles. The lowest BCUT2D eigenvalue weighted by Crippen LogP contribution is -2.36. The molecule has 0 spiro atoms. The van der Waals surface area contributed by atoms with Gasteiger partial charge in [-0.15, -0.1) is 12.4 Å². The Morgan fingerprint density at radius 1 is 1.43 bits per heavy atom. The van der Waals surface area contributed by atoms with E-state index < -0.39 is 0 Å². The van der Waals surface area contributed by atoms with Crippen molar-refractivity contribution in [3.63, 3.8) is 0 Å². The van der Waals surface area contributed by atoms with E-state index in [2.05, 4.69) is 15.9 Å². The average molecular weight is 406 g/mol. The first-order valence-corrected chi connectivity index (χ1v) is 8.73. The van der Waals surface area contributed by atoms with Gasteiger partial charge in [0, 0.05) is 25.0 Å². The molecule has 3 nitrogen and oxygen atoms in total. The number of likely N-dealkylation sites (tertiary alicyclic amines) is 1. The Labute approximate surface area is 151 Å². The second-order valence-corrected chi connectivity index (χ2v) is 7.62. The number of benzene rings is 1. The summed E-state index contributed by atoms with van der Waals surface area (Å²) in [5.74, 6) is 0.903. The highest BCUT2D eigenvalue weighted by atomic mass is 79.9.